The predicted octanol–water partition coefficient (Wildman–Crippen LogP) is 2.37. The molecule has 0 saturated carbocycles. The minimum absolute atomic E-state index is 0.207. The van der Waals surface area contributed by atoms with Crippen molar-refractivity contribution in [2.75, 3.05) is 25.6 Å². The van der Waals surface area contributed by atoms with E-state index in [1.54, 1.807) is 7.11 Å². The second kappa shape index (κ2) is 6.70. The lowest BCUT2D eigenvalue weighted by atomic mass is 10.2. The van der Waals surface area contributed by atoms with E-state index in [-0.39, 0.29) is 6.03 Å². The van der Waals surface area contributed by atoms with Crippen LogP contribution in [0.25, 0.3) is 0 Å². The fourth-order valence-electron chi connectivity index (χ4n) is 1.20. The molecule has 5 heteroatoms. The van der Waals surface area contributed by atoms with Gasteiger partial charge in [0, 0.05) is 22.9 Å². The molecule has 0 bridgehead atoms. The number of carbonyl (C=O) groups excluding carboxylic acids is 1. The summed E-state index contributed by atoms with van der Waals surface area (Å²) in [6.07, 6.45) is 0. The molecule has 4 nitrogen and oxygen atoms in total. The zero-order valence-electron chi connectivity index (χ0n) is 9.34. The molecule has 0 radical (unpaired) electrons. The Labute approximate surface area is 109 Å². The van der Waals surface area contributed by atoms with Gasteiger partial charge in [-0.25, -0.2) is 4.79 Å². The minimum Gasteiger partial charge on any atom is -0.383 e. The second-order valence-corrected chi connectivity index (χ2v) is 4.58. The summed E-state index contributed by atoms with van der Waals surface area (Å²) in [7, 11) is 1.60. The number of anilines is 1. The number of benzene rings is 1. The first-order chi connectivity index (χ1) is 7.63. The number of ether oxygens (including phenoxy) is 1. The number of rotatable bonds is 4. The molecule has 1 aromatic carbocycles. The average molecular weight is 334 g/mol. The van der Waals surface area contributed by atoms with Gasteiger partial charge in [0.2, 0.25) is 0 Å². The Hall–Kier alpha value is -0.820. The van der Waals surface area contributed by atoms with Gasteiger partial charge in [0.1, 0.15) is 0 Å². The summed E-state index contributed by atoms with van der Waals surface area (Å²) in [6.45, 7) is 2.98. The van der Waals surface area contributed by atoms with Gasteiger partial charge in [-0.1, -0.05) is 0 Å². The first-order valence-corrected chi connectivity index (χ1v) is 6.01. The SMILES string of the molecule is COCCNC(=O)Nc1ccc(I)cc1C. The van der Waals surface area contributed by atoms with Crippen molar-refractivity contribution < 1.29 is 9.53 Å². The number of hydrogen-bond acceptors (Lipinski definition) is 2. The van der Waals surface area contributed by atoms with Crippen molar-refractivity contribution in [1.82, 2.24) is 5.32 Å². The highest BCUT2D eigenvalue weighted by molar-refractivity contribution is 14.1. The highest BCUT2D eigenvalue weighted by Gasteiger charge is 2.03. The Morgan fingerprint density at radius 2 is 2.25 bits per heavy atom. The quantitative estimate of drug-likeness (QED) is 0.656. The highest BCUT2D eigenvalue weighted by atomic mass is 127. The molecule has 2 amide bonds. The number of hydrogen-bond donors (Lipinski definition) is 2. The lowest BCUT2D eigenvalue weighted by Crippen LogP contribution is -2.31. The number of halogens is 1. The summed E-state index contributed by atoms with van der Waals surface area (Å²) >= 11 is 2.24. The van der Waals surface area contributed by atoms with Crippen LogP contribution in [0.5, 0.6) is 0 Å². The zero-order valence-corrected chi connectivity index (χ0v) is 11.5. The summed E-state index contributed by atoms with van der Waals surface area (Å²) in [5.41, 5.74) is 1.88. The Bertz CT molecular complexity index is 369. The third-order valence-electron chi connectivity index (χ3n) is 2.03. The van der Waals surface area contributed by atoms with Gasteiger partial charge in [0.15, 0.2) is 0 Å². The van der Waals surface area contributed by atoms with Crippen LogP contribution in [0.2, 0.25) is 0 Å². The Balaban J connectivity index is 2.49. The van der Waals surface area contributed by atoms with Gasteiger partial charge in [0.25, 0.3) is 0 Å². The maximum absolute atomic E-state index is 11.4. The first kappa shape index (κ1) is 13.2. The Morgan fingerprint density at radius 3 is 2.88 bits per heavy atom. The molecule has 1 aromatic rings. The molecule has 0 atom stereocenters. The molecule has 16 heavy (non-hydrogen) atoms. The molecule has 0 aliphatic heterocycles. The molecule has 0 aromatic heterocycles. The van der Waals surface area contributed by atoms with E-state index in [2.05, 4.69) is 33.2 Å². The smallest absolute Gasteiger partial charge is 0.319 e. The van der Waals surface area contributed by atoms with Gasteiger partial charge in [-0.3, -0.25) is 0 Å². The molecular formula is C11H15IN2O2. The van der Waals surface area contributed by atoms with E-state index in [0.29, 0.717) is 13.2 Å². The van der Waals surface area contributed by atoms with Crippen molar-refractivity contribution in [3.8, 4) is 0 Å². The van der Waals surface area contributed by atoms with Crippen LogP contribution < -0.4 is 10.6 Å². The highest BCUT2D eigenvalue weighted by Crippen LogP contribution is 2.17. The number of carbonyl (C=O) groups is 1. The van der Waals surface area contributed by atoms with Crippen LogP contribution in [0.1, 0.15) is 5.56 Å². The summed E-state index contributed by atoms with van der Waals surface area (Å²) in [5.74, 6) is 0. The molecule has 0 fully saturated rings. The fourth-order valence-corrected chi connectivity index (χ4v) is 1.85. The van der Waals surface area contributed by atoms with Gasteiger partial charge in [-0.2, -0.15) is 0 Å². The van der Waals surface area contributed by atoms with Crippen LogP contribution in [0.4, 0.5) is 10.5 Å². The van der Waals surface area contributed by atoms with Gasteiger partial charge in [-0.05, 0) is 53.3 Å². The van der Waals surface area contributed by atoms with Crippen molar-refractivity contribution in [2.24, 2.45) is 0 Å². The lowest BCUT2D eigenvalue weighted by molar-refractivity contribution is 0.198. The summed E-state index contributed by atoms with van der Waals surface area (Å²) in [4.78, 5) is 11.4. The largest absolute Gasteiger partial charge is 0.383 e. The molecule has 2 N–H and O–H groups in total. The van der Waals surface area contributed by atoms with Gasteiger partial charge in [0.05, 0.1) is 6.61 Å². The van der Waals surface area contributed by atoms with E-state index in [1.807, 2.05) is 25.1 Å². The minimum atomic E-state index is -0.207. The fraction of sp³-hybridized carbons (Fsp3) is 0.364. The van der Waals surface area contributed by atoms with Crippen molar-refractivity contribution in [3.63, 3.8) is 0 Å². The van der Waals surface area contributed by atoms with Crippen molar-refractivity contribution >= 4 is 34.3 Å². The van der Waals surface area contributed by atoms with Crippen LogP contribution in [-0.4, -0.2) is 26.3 Å². The average Bonchev–Trinajstić information content (AvgIpc) is 2.23. The molecule has 1 rings (SSSR count). The lowest BCUT2D eigenvalue weighted by Gasteiger charge is -2.09. The number of methoxy groups -OCH3 is 1. The number of urea groups is 1. The van der Waals surface area contributed by atoms with Crippen LogP contribution in [0.3, 0.4) is 0 Å². The van der Waals surface area contributed by atoms with Crippen LogP contribution in [-0.2, 0) is 4.74 Å². The van der Waals surface area contributed by atoms with E-state index < -0.39 is 0 Å². The summed E-state index contributed by atoms with van der Waals surface area (Å²) in [5, 5.41) is 5.48. The molecule has 0 unspecified atom stereocenters. The maximum atomic E-state index is 11.4. The Morgan fingerprint density at radius 1 is 1.50 bits per heavy atom. The molecule has 0 spiro atoms. The summed E-state index contributed by atoms with van der Waals surface area (Å²) < 4.78 is 5.99. The molecule has 0 aliphatic rings. The van der Waals surface area contributed by atoms with Crippen molar-refractivity contribution in [3.05, 3.63) is 27.3 Å². The van der Waals surface area contributed by atoms with Crippen molar-refractivity contribution in [1.29, 1.82) is 0 Å². The normalized spacial score (nSPS) is 9.94. The van der Waals surface area contributed by atoms with E-state index in [4.69, 9.17) is 4.74 Å². The topological polar surface area (TPSA) is 50.4 Å². The number of nitrogens with one attached hydrogen (secondary N) is 2. The van der Waals surface area contributed by atoms with Crippen LogP contribution >= 0.6 is 22.6 Å². The third kappa shape index (κ3) is 4.36. The van der Waals surface area contributed by atoms with Crippen LogP contribution in [0, 0.1) is 10.5 Å². The maximum Gasteiger partial charge on any atom is 0.319 e. The second-order valence-electron chi connectivity index (χ2n) is 3.33. The first-order valence-electron chi connectivity index (χ1n) is 4.93. The Kier molecular flexibility index (Phi) is 5.54. The molecule has 88 valence electrons. The van der Waals surface area contributed by atoms with E-state index in [1.165, 1.54) is 0 Å². The predicted molar refractivity (Wildman–Crippen MR) is 72.8 cm³/mol. The van der Waals surface area contributed by atoms with Gasteiger partial charge < -0.3 is 15.4 Å². The van der Waals surface area contributed by atoms with Gasteiger partial charge in [-0.15, -0.1) is 0 Å². The standard InChI is InChI=1S/C11H15IN2O2/c1-8-7-9(12)3-4-10(8)14-11(15)13-5-6-16-2/h3-4,7H,5-6H2,1-2H3,(H2,13,14,15). The number of amides is 2. The van der Waals surface area contributed by atoms with E-state index >= 15 is 0 Å². The zero-order chi connectivity index (χ0) is 12.0. The molecule has 0 aliphatic carbocycles. The molecular weight excluding hydrogens is 319 g/mol. The summed E-state index contributed by atoms with van der Waals surface area (Å²) in [6, 6.07) is 5.66. The van der Waals surface area contributed by atoms with Crippen molar-refractivity contribution in [2.45, 2.75) is 6.92 Å². The monoisotopic (exact) mass is 334 g/mol. The molecule has 0 heterocycles. The van der Waals surface area contributed by atoms with Crippen LogP contribution in [0.15, 0.2) is 18.2 Å². The molecule has 0 saturated heterocycles. The number of aryl methyl sites for hydroxylation is 1. The van der Waals surface area contributed by atoms with E-state index in [9.17, 15) is 4.79 Å². The van der Waals surface area contributed by atoms with Gasteiger partial charge >= 0.3 is 6.03 Å². The van der Waals surface area contributed by atoms with E-state index in [0.717, 1.165) is 14.8 Å². The third-order valence-corrected chi connectivity index (χ3v) is 2.70.